The summed E-state index contributed by atoms with van der Waals surface area (Å²) < 4.78 is 18.6. The Bertz CT molecular complexity index is 2960. The van der Waals surface area contributed by atoms with Crippen LogP contribution in [0.1, 0.15) is 104 Å². The van der Waals surface area contributed by atoms with Crippen molar-refractivity contribution >= 4 is 57.2 Å². The maximum atomic E-state index is 14.0. The molecule has 408 valence electrons. The molecule has 76 heavy (non-hydrogen) atoms. The molecule has 0 spiro atoms. The summed E-state index contributed by atoms with van der Waals surface area (Å²) in [6, 6.07) is 11.9. The predicted octanol–water partition coefficient (Wildman–Crippen LogP) is 5.19. The molecule has 7 rings (SSSR count). The molecule has 2 aliphatic heterocycles. The summed E-state index contributed by atoms with van der Waals surface area (Å²) >= 11 is 1.56. The minimum atomic E-state index is -0.992. The number of aliphatic hydroxyl groups excluding tert-OH is 1. The number of ketones is 1. The van der Waals surface area contributed by atoms with E-state index in [4.69, 9.17) is 14.2 Å². The molecule has 5 heterocycles. The molecule has 20 heteroatoms. The van der Waals surface area contributed by atoms with Crippen molar-refractivity contribution in [3.63, 3.8) is 0 Å². The lowest BCUT2D eigenvalue weighted by molar-refractivity contribution is -0.144. The van der Waals surface area contributed by atoms with E-state index >= 15 is 0 Å². The van der Waals surface area contributed by atoms with E-state index in [1.54, 1.807) is 23.0 Å². The Labute approximate surface area is 447 Å². The highest BCUT2D eigenvalue weighted by Crippen LogP contribution is 2.31. The average molecular weight is 1060 g/mol. The van der Waals surface area contributed by atoms with Gasteiger partial charge in [-0.3, -0.25) is 38.3 Å². The number of ether oxygens (including phenoxy) is 3. The van der Waals surface area contributed by atoms with Gasteiger partial charge in [0.15, 0.2) is 5.78 Å². The van der Waals surface area contributed by atoms with Crippen molar-refractivity contribution in [1.29, 1.82) is 0 Å². The number of hydrogen-bond acceptors (Lipinski definition) is 14. The maximum Gasteiger partial charge on any atom is 0.253 e. The summed E-state index contributed by atoms with van der Waals surface area (Å²) in [6.45, 7) is 17.8. The number of nitrogens with one attached hydrogen (secondary N) is 4. The highest BCUT2D eigenvalue weighted by Gasteiger charge is 2.44. The van der Waals surface area contributed by atoms with Crippen LogP contribution in [0, 0.1) is 26.2 Å². The fraction of sp³-hybridized carbons (Fsp3) is 0.500. The molecule has 1 fully saturated rings. The first-order chi connectivity index (χ1) is 36.3. The lowest BCUT2D eigenvalue weighted by Crippen LogP contribution is -2.58. The number of hydrogen-bond donors (Lipinski definition) is 5. The maximum absolute atomic E-state index is 14.0. The number of β-amino-alcohol motifs (C(OH)–C–C–N with tert-alkyl or cyclic N) is 1. The second-order valence-corrected chi connectivity index (χ2v) is 21.9. The molecule has 0 saturated carbocycles. The summed E-state index contributed by atoms with van der Waals surface area (Å²) in [5.41, 5.74) is 9.22. The van der Waals surface area contributed by atoms with Gasteiger partial charge in [-0.05, 0) is 92.5 Å². The number of carbonyl (C=O) groups is 5. The smallest absolute Gasteiger partial charge is 0.253 e. The van der Waals surface area contributed by atoms with Gasteiger partial charge in [-0.1, -0.05) is 51.1 Å². The number of carbonyl (C=O) groups excluding carboxylic acids is 5. The molecule has 5 N–H and O–H groups in total. The predicted molar refractivity (Wildman–Crippen MR) is 291 cm³/mol. The van der Waals surface area contributed by atoms with Gasteiger partial charge >= 0.3 is 0 Å². The van der Waals surface area contributed by atoms with Gasteiger partial charge in [0.2, 0.25) is 17.7 Å². The van der Waals surface area contributed by atoms with Gasteiger partial charge < -0.3 is 45.2 Å². The second-order valence-electron chi connectivity index (χ2n) is 21.0. The van der Waals surface area contributed by atoms with E-state index < -0.39 is 35.4 Å². The van der Waals surface area contributed by atoms with E-state index in [2.05, 4.69) is 48.1 Å². The molecule has 5 aromatic rings. The lowest BCUT2D eigenvalue weighted by Gasteiger charge is -2.35. The normalized spacial score (nSPS) is 16.5. The van der Waals surface area contributed by atoms with E-state index in [1.165, 1.54) is 4.90 Å². The molecule has 3 atom stereocenters. The van der Waals surface area contributed by atoms with Gasteiger partial charge in [0.05, 0.1) is 65.9 Å². The highest BCUT2D eigenvalue weighted by molar-refractivity contribution is 7.13. The number of fused-ring (bicyclic) bond motifs is 1. The molecular formula is C56H73N9O10S. The van der Waals surface area contributed by atoms with E-state index in [1.807, 2.05) is 96.5 Å². The summed E-state index contributed by atoms with van der Waals surface area (Å²) in [5, 5.41) is 24.6. The lowest BCUT2D eigenvalue weighted by atomic mass is 9.85. The molecule has 0 aliphatic carbocycles. The van der Waals surface area contributed by atoms with Crippen molar-refractivity contribution in [3.05, 3.63) is 110 Å². The Hall–Kier alpha value is -6.42. The van der Waals surface area contributed by atoms with Crippen molar-refractivity contribution in [2.45, 2.75) is 112 Å². The molecule has 1 saturated heterocycles. The fourth-order valence-electron chi connectivity index (χ4n) is 9.50. The third-order valence-electron chi connectivity index (χ3n) is 13.7. The van der Waals surface area contributed by atoms with Gasteiger partial charge in [0, 0.05) is 74.8 Å². The SMILES string of the molecule is Cc1cc(C)c(CNC(=O)c2cc(C3=CCN(CCC(=O)COCCOCCOCC(=O)N[C@H](C(=O)N4C[C@H](O)C[C@H]4C(=O)NCc4ccc(-c5scnc5C)cc4)C(C)(C)C)CC3)cc3c2cnn3C(C)C)c(=O)[nH]1. The monoisotopic (exact) mass is 1060 g/mol. The number of nitrogens with zero attached hydrogens (tertiary/aromatic N) is 5. The van der Waals surface area contributed by atoms with Gasteiger partial charge in [-0.25, -0.2) is 4.98 Å². The standard InChI is InChI=1S/C56H73N9O10S/c1-34(2)65-47-25-41(24-44(46(47)29-60-65)52(69)58-28-45-35(3)23-36(4)61-53(45)70)39-13-16-63(17-14-39)18-15-42(66)31-74-21-19-73-20-22-75-32-49(68)62-51(56(6,7)8)55(72)64-30-43(67)26-48(64)54(71)57-27-38-9-11-40(12-10-38)50-37(5)59-33-76-50/h9-13,23-25,29,33-34,43,48,51,67H,14-22,26-28,30-32H2,1-8H3,(H,57,71)(H,58,69)(H,61,70)(H,62,68)/t43-,48+,51-/m1/s1. The number of aliphatic hydroxyl groups is 1. The third-order valence-corrected chi connectivity index (χ3v) is 14.7. The number of Topliss-reactive ketones (excluding diaryl/α,β-unsaturated/α-hetero) is 1. The number of aryl methyl sites for hydroxylation is 3. The first-order valence-electron chi connectivity index (χ1n) is 26.0. The molecule has 0 radical (unpaired) electrons. The minimum Gasteiger partial charge on any atom is -0.391 e. The third kappa shape index (κ3) is 14.9. The summed E-state index contributed by atoms with van der Waals surface area (Å²) in [4.78, 5) is 91.4. The average Bonchev–Trinajstić information content (AvgIpc) is 4.14. The number of aromatic amines is 1. The molecule has 2 aliphatic rings. The Morgan fingerprint density at radius 2 is 1.64 bits per heavy atom. The van der Waals surface area contributed by atoms with Crippen LogP contribution in [-0.2, 0) is 46.5 Å². The van der Waals surface area contributed by atoms with Crippen LogP contribution in [0.5, 0.6) is 0 Å². The van der Waals surface area contributed by atoms with Crippen LogP contribution in [0.15, 0.2) is 65.0 Å². The van der Waals surface area contributed by atoms with Gasteiger partial charge in [0.25, 0.3) is 11.5 Å². The van der Waals surface area contributed by atoms with Crippen LogP contribution in [0.4, 0.5) is 0 Å². The number of aromatic nitrogens is 4. The number of H-pyrrole nitrogens is 1. The Balaban J connectivity index is 0.780. The molecule has 0 unspecified atom stereocenters. The highest BCUT2D eigenvalue weighted by atomic mass is 32.1. The zero-order valence-corrected chi connectivity index (χ0v) is 45.8. The molecule has 3 aromatic heterocycles. The quantitative estimate of drug-likeness (QED) is 0.0501. The van der Waals surface area contributed by atoms with Crippen molar-refractivity contribution in [2.75, 3.05) is 65.8 Å². The van der Waals surface area contributed by atoms with E-state index in [0.717, 1.165) is 68.0 Å². The number of rotatable bonds is 24. The summed E-state index contributed by atoms with van der Waals surface area (Å²) in [7, 11) is 0. The molecule has 0 bridgehead atoms. The number of pyridine rings is 1. The van der Waals surface area contributed by atoms with Gasteiger partial charge in [0.1, 0.15) is 25.3 Å². The first kappa shape index (κ1) is 57.3. The zero-order valence-electron chi connectivity index (χ0n) is 45.0. The van der Waals surface area contributed by atoms with E-state index in [-0.39, 0.29) is 94.9 Å². The number of thiazole rings is 1. The van der Waals surface area contributed by atoms with E-state index in [0.29, 0.717) is 30.6 Å². The molecule has 2 aromatic carbocycles. The zero-order chi connectivity index (χ0) is 54.7. The number of benzene rings is 2. The molecule has 4 amide bonds. The summed E-state index contributed by atoms with van der Waals surface area (Å²) in [5.74, 6) is -1.67. The van der Waals surface area contributed by atoms with Crippen molar-refractivity contribution in [2.24, 2.45) is 5.41 Å². The van der Waals surface area contributed by atoms with Crippen LogP contribution < -0.4 is 21.5 Å². The van der Waals surface area contributed by atoms with Crippen molar-refractivity contribution < 1.29 is 43.3 Å². The first-order valence-corrected chi connectivity index (χ1v) is 26.9. The van der Waals surface area contributed by atoms with Gasteiger partial charge in [-0.15, -0.1) is 11.3 Å². The topological polar surface area (TPSA) is 239 Å². The van der Waals surface area contributed by atoms with Crippen LogP contribution >= 0.6 is 11.3 Å². The van der Waals surface area contributed by atoms with Crippen molar-refractivity contribution in [3.8, 4) is 10.4 Å². The van der Waals surface area contributed by atoms with Crippen LogP contribution in [0.3, 0.4) is 0 Å². The Morgan fingerprint density at radius 3 is 2.30 bits per heavy atom. The second kappa shape index (κ2) is 26.1. The van der Waals surface area contributed by atoms with Crippen LogP contribution in [-0.4, -0.2) is 148 Å². The van der Waals surface area contributed by atoms with Crippen LogP contribution in [0.25, 0.3) is 26.9 Å². The Kier molecular flexibility index (Phi) is 19.7. The Morgan fingerprint density at radius 1 is 0.921 bits per heavy atom. The molecular weight excluding hydrogens is 991 g/mol. The molecule has 19 nitrogen and oxygen atoms in total. The fourth-order valence-corrected chi connectivity index (χ4v) is 10.3. The largest absolute Gasteiger partial charge is 0.391 e. The van der Waals surface area contributed by atoms with Crippen LogP contribution in [0.2, 0.25) is 0 Å². The number of amides is 4. The van der Waals surface area contributed by atoms with Crippen molar-refractivity contribution in [1.82, 2.24) is 45.5 Å². The van der Waals surface area contributed by atoms with Gasteiger partial charge in [-0.2, -0.15) is 5.10 Å². The minimum absolute atomic E-state index is 0.0259. The number of likely N-dealkylation sites (tertiary alicyclic amines) is 1. The summed E-state index contributed by atoms with van der Waals surface area (Å²) in [6.07, 6.45) is 4.11. The van der Waals surface area contributed by atoms with E-state index in [9.17, 15) is 33.9 Å².